The average molecular weight is 317 g/mol. The summed E-state index contributed by atoms with van der Waals surface area (Å²) in [4.78, 5) is 14.6. The molecule has 2 aromatic carbocycles. The van der Waals surface area contributed by atoms with Crippen LogP contribution in [0.5, 0.6) is 11.5 Å². The van der Waals surface area contributed by atoms with Gasteiger partial charge in [0, 0.05) is 30.3 Å². The van der Waals surface area contributed by atoms with Crippen molar-refractivity contribution in [2.75, 3.05) is 0 Å². The molecule has 24 heavy (non-hydrogen) atoms. The van der Waals surface area contributed by atoms with Crippen molar-refractivity contribution in [2.45, 2.75) is 0 Å². The predicted molar refractivity (Wildman–Crippen MR) is 93.3 cm³/mol. The van der Waals surface area contributed by atoms with Gasteiger partial charge >= 0.3 is 0 Å². The number of nitrogens with one attached hydrogen (secondary N) is 1. The first-order valence-corrected chi connectivity index (χ1v) is 7.58. The van der Waals surface area contributed by atoms with Crippen molar-refractivity contribution in [1.29, 1.82) is 0 Å². The van der Waals surface area contributed by atoms with Gasteiger partial charge in [-0.3, -0.25) is 9.48 Å². The van der Waals surface area contributed by atoms with Gasteiger partial charge in [0.1, 0.15) is 11.5 Å². The molecule has 0 saturated heterocycles. The fourth-order valence-electron chi connectivity index (χ4n) is 2.67. The fourth-order valence-corrected chi connectivity index (χ4v) is 2.67. The number of H-pyrrole nitrogens is 1. The summed E-state index contributed by atoms with van der Waals surface area (Å²) in [6.07, 6.45) is 3.78. The van der Waals surface area contributed by atoms with Crippen LogP contribution in [-0.4, -0.2) is 14.8 Å². The SMILES string of the molecule is Cn1cc(-c2ccc(Oc3cc(=O)[nH]c4ccccc34)cc2)cn1. The molecule has 0 saturated carbocycles. The van der Waals surface area contributed by atoms with Crippen molar-refractivity contribution in [2.24, 2.45) is 7.05 Å². The Labute approximate surface area is 138 Å². The highest BCUT2D eigenvalue weighted by molar-refractivity contribution is 5.84. The van der Waals surface area contributed by atoms with Crippen LogP contribution in [0.2, 0.25) is 0 Å². The predicted octanol–water partition coefficient (Wildman–Crippen LogP) is 3.72. The molecule has 0 amide bonds. The number of fused-ring (bicyclic) bond motifs is 1. The van der Waals surface area contributed by atoms with E-state index in [2.05, 4.69) is 10.1 Å². The number of hydrogen-bond acceptors (Lipinski definition) is 3. The van der Waals surface area contributed by atoms with E-state index in [1.54, 1.807) is 4.68 Å². The molecule has 2 aromatic heterocycles. The lowest BCUT2D eigenvalue weighted by Gasteiger charge is -2.09. The van der Waals surface area contributed by atoms with Gasteiger partial charge in [-0.2, -0.15) is 5.10 Å². The maximum Gasteiger partial charge on any atom is 0.252 e. The topological polar surface area (TPSA) is 59.9 Å². The van der Waals surface area contributed by atoms with Crippen LogP contribution in [0.25, 0.3) is 22.0 Å². The highest BCUT2D eigenvalue weighted by Crippen LogP contribution is 2.29. The summed E-state index contributed by atoms with van der Waals surface area (Å²) in [7, 11) is 1.89. The number of hydrogen-bond donors (Lipinski definition) is 1. The van der Waals surface area contributed by atoms with Gasteiger partial charge in [-0.05, 0) is 29.8 Å². The van der Waals surface area contributed by atoms with Gasteiger partial charge in [-0.15, -0.1) is 0 Å². The summed E-state index contributed by atoms with van der Waals surface area (Å²) in [6, 6.07) is 16.8. The van der Waals surface area contributed by atoms with Crippen molar-refractivity contribution in [3.63, 3.8) is 0 Å². The molecule has 1 N–H and O–H groups in total. The van der Waals surface area contributed by atoms with Gasteiger partial charge in [0.15, 0.2) is 0 Å². The van der Waals surface area contributed by atoms with Crippen LogP contribution in [-0.2, 0) is 7.05 Å². The maximum absolute atomic E-state index is 11.8. The molecule has 2 heterocycles. The monoisotopic (exact) mass is 317 g/mol. The third-order valence-electron chi connectivity index (χ3n) is 3.83. The molecule has 0 fully saturated rings. The minimum absolute atomic E-state index is 0.185. The molecule has 4 aromatic rings. The zero-order valence-electron chi connectivity index (χ0n) is 13.1. The van der Waals surface area contributed by atoms with Gasteiger partial charge in [0.2, 0.25) is 0 Å². The lowest BCUT2D eigenvalue weighted by Crippen LogP contribution is -2.04. The number of nitrogens with zero attached hydrogens (tertiary/aromatic N) is 2. The van der Waals surface area contributed by atoms with Crippen molar-refractivity contribution >= 4 is 10.9 Å². The number of rotatable bonds is 3. The number of aryl methyl sites for hydroxylation is 1. The Bertz CT molecular complexity index is 1060. The lowest BCUT2D eigenvalue weighted by atomic mass is 10.1. The van der Waals surface area contributed by atoms with Crippen LogP contribution in [0.3, 0.4) is 0 Å². The molecule has 4 rings (SSSR count). The van der Waals surface area contributed by atoms with Crippen molar-refractivity contribution < 1.29 is 4.74 Å². The number of aromatic nitrogens is 3. The normalized spacial score (nSPS) is 10.9. The molecule has 0 unspecified atom stereocenters. The molecule has 0 aliphatic carbocycles. The second kappa shape index (κ2) is 5.70. The van der Waals surface area contributed by atoms with Crippen LogP contribution in [0.1, 0.15) is 0 Å². The van der Waals surface area contributed by atoms with E-state index in [0.717, 1.165) is 22.0 Å². The second-order valence-corrected chi connectivity index (χ2v) is 5.57. The van der Waals surface area contributed by atoms with Crippen molar-refractivity contribution in [3.8, 4) is 22.6 Å². The summed E-state index contributed by atoms with van der Waals surface area (Å²) in [6.45, 7) is 0. The zero-order valence-corrected chi connectivity index (χ0v) is 13.1. The van der Waals surface area contributed by atoms with E-state index in [1.165, 1.54) is 6.07 Å². The van der Waals surface area contributed by atoms with Crippen LogP contribution in [0, 0.1) is 0 Å². The maximum atomic E-state index is 11.8. The molecule has 118 valence electrons. The van der Waals surface area contributed by atoms with Gasteiger partial charge in [-0.1, -0.05) is 24.3 Å². The van der Waals surface area contributed by atoms with Gasteiger partial charge in [-0.25, -0.2) is 0 Å². The first kappa shape index (κ1) is 14.3. The molecule has 0 radical (unpaired) electrons. The largest absolute Gasteiger partial charge is 0.456 e. The van der Waals surface area contributed by atoms with E-state index in [9.17, 15) is 4.79 Å². The molecule has 0 bridgehead atoms. The Hall–Kier alpha value is -3.34. The molecule has 0 aliphatic heterocycles. The Morgan fingerprint density at radius 3 is 2.58 bits per heavy atom. The van der Waals surface area contributed by atoms with Crippen molar-refractivity contribution in [3.05, 3.63) is 77.3 Å². The molecule has 5 nitrogen and oxygen atoms in total. The summed E-state index contributed by atoms with van der Waals surface area (Å²) >= 11 is 0. The number of ether oxygens (including phenoxy) is 1. The van der Waals surface area contributed by atoms with E-state index >= 15 is 0 Å². The summed E-state index contributed by atoms with van der Waals surface area (Å²) in [5.74, 6) is 1.22. The van der Waals surface area contributed by atoms with Gasteiger partial charge in [0.05, 0.1) is 11.7 Å². The molecule has 5 heteroatoms. The number of pyridine rings is 1. The van der Waals surface area contributed by atoms with Crippen LogP contribution in [0.4, 0.5) is 0 Å². The van der Waals surface area contributed by atoms with E-state index in [1.807, 2.05) is 68.0 Å². The minimum atomic E-state index is -0.185. The Kier molecular flexibility index (Phi) is 3.39. The second-order valence-electron chi connectivity index (χ2n) is 5.57. The molecular formula is C19H15N3O2. The smallest absolute Gasteiger partial charge is 0.252 e. The van der Waals surface area contributed by atoms with E-state index in [4.69, 9.17) is 4.74 Å². The third kappa shape index (κ3) is 2.67. The first-order valence-electron chi connectivity index (χ1n) is 7.58. The molecule has 0 atom stereocenters. The van der Waals surface area contributed by atoms with Crippen LogP contribution < -0.4 is 10.3 Å². The fraction of sp³-hybridized carbons (Fsp3) is 0.0526. The van der Waals surface area contributed by atoms with Gasteiger partial charge < -0.3 is 9.72 Å². The van der Waals surface area contributed by atoms with E-state index < -0.39 is 0 Å². The van der Waals surface area contributed by atoms with E-state index in [0.29, 0.717) is 11.5 Å². The zero-order chi connectivity index (χ0) is 16.5. The Balaban J connectivity index is 1.68. The number of benzene rings is 2. The standard InChI is InChI=1S/C19H15N3O2/c1-22-12-14(11-20-22)13-6-8-15(9-7-13)24-18-10-19(23)21-17-5-3-2-4-16(17)18/h2-12H,1H3,(H,21,23). The number of para-hydroxylation sites is 1. The van der Waals surface area contributed by atoms with Crippen molar-refractivity contribution in [1.82, 2.24) is 14.8 Å². The molecule has 0 aliphatic rings. The Morgan fingerprint density at radius 2 is 1.83 bits per heavy atom. The highest BCUT2D eigenvalue weighted by Gasteiger charge is 2.06. The Morgan fingerprint density at radius 1 is 1.04 bits per heavy atom. The van der Waals surface area contributed by atoms with Crippen LogP contribution >= 0.6 is 0 Å². The summed E-state index contributed by atoms with van der Waals surface area (Å²) in [5.41, 5.74) is 2.68. The lowest BCUT2D eigenvalue weighted by molar-refractivity contribution is 0.487. The first-order chi connectivity index (χ1) is 11.7. The van der Waals surface area contributed by atoms with E-state index in [-0.39, 0.29) is 5.56 Å². The highest BCUT2D eigenvalue weighted by atomic mass is 16.5. The number of aromatic amines is 1. The van der Waals surface area contributed by atoms with Gasteiger partial charge in [0.25, 0.3) is 5.56 Å². The average Bonchev–Trinajstić information content (AvgIpc) is 3.02. The van der Waals surface area contributed by atoms with Crippen LogP contribution in [0.15, 0.2) is 71.8 Å². The molecule has 0 spiro atoms. The summed E-state index contributed by atoms with van der Waals surface area (Å²) < 4.78 is 7.69. The summed E-state index contributed by atoms with van der Waals surface area (Å²) in [5, 5.41) is 5.04. The molecular weight excluding hydrogens is 302 g/mol. The third-order valence-corrected chi connectivity index (χ3v) is 3.83. The quantitative estimate of drug-likeness (QED) is 0.626. The minimum Gasteiger partial charge on any atom is -0.456 e.